The summed E-state index contributed by atoms with van der Waals surface area (Å²) in [5, 5.41) is 19.7. The maximum atomic E-state index is 14.2. The number of hydrogen-bond donors (Lipinski definition) is 4. The number of nitrogens with one attached hydrogen (secondary N) is 2. The summed E-state index contributed by atoms with van der Waals surface area (Å²) in [6, 6.07) is 11.9. The van der Waals surface area contributed by atoms with Crippen LogP contribution in [-0.4, -0.2) is 78.1 Å². The summed E-state index contributed by atoms with van der Waals surface area (Å²) in [4.78, 5) is 20.1. The van der Waals surface area contributed by atoms with Gasteiger partial charge in [-0.3, -0.25) is 14.8 Å². The molecule has 0 fully saturated rings. The van der Waals surface area contributed by atoms with Gasteiger partial charge in [-0.2, -0.15) is 5.10 Å². The van der Waals surface area contributed by atoms with E-state index in [9.17, 15) is 14.3 Å². The van der Waals surface area contributed by atoms with Gasteiger partial charge in [-0.05, 0) is 44.5 Å². The van der Waals surface area contributed by atoms with Crippen molar-refractivity contribution in [1.82, 2.24) is 15.1 Å². The molecule has 0 bridgehead atoms. The molecule has 40 heavy (non-hydrogen) atoms. The van der Waals surface area contributed by atoms with Crippen molar-refractivity contribution in [3.8, 4) is 11.5 Å². The molecular weight excluding hydrogens is 517 g/mol. The Bertz CT molecular complexity index is 1340. The van der Waals surface area contributed by atoms with Gasteiger partial charge in [-0.25, -0.2) is 9.38 Å². The number of aliphatic hydroxyl groups excluding tert-OH is 1. The Morgan fingerprint density at radius 3 is 2.77 bits per heavy atom. The molecule has 11 nitrogen and oxygen atoms in total. The normalized spacial score (nSPS) is 14.0. The predicted molar refractivity (Wildman–Crippen MR) is 152 cm³/mol. The molecule has 214 valence electrons. The summed E-state index contributed by atoms with van der Waals surface area (Å²) in [5.74, 6) is 1.09. The second kappa shape index (κ2) is 13.3. The van der Waals surface area contributed by atoms with E-state index < -0.39 is 5.91 Å². The largest absolute Gasteiger partial charge is 0.493 e. The third-order valence-corrected chi connectivity index (χ3v) is 6.52. The van der Waals surface area contributed by atoms with Gasteiger partial charge in [0.05, 0.1) is 39.1 Å². The van der Waals surface area contributed by atoms with Crippen LogP contribution < -0.4 is 25.4 Å². The SMILES string of the molecule is COc1cc2c(cc1OCCCN(CCO)C(C)C)NCN(c1cccc(F)c1)C2=Nc1cc(CC(N)=O)[nH]n1. The fourth-order valence-corrected chi connectivity index (χ4v) is 4.53. The molecule has 5 N–H and O–H groups in total. The van der Waals surface area contributed by atoms with Crippen molar-refractivity contribution in [1.29, 1.82) is 0 Å². The number of carbonyl (C=O) groups is 1. The van der Waals surface area contributed by atoms with Crippen molar-refractivity contribution in [2.45, 2.75) is 32.7 Å². The Labute approximate surface area is 232 Å². The number of benzene rings is 2. The van der Waals surface area contributed by atoms with Crippen LogP contribution in [0, 0.1) is 5.82 Å². The Kier molecular flexibility index (Phi) is 9.56. The number of primary amides is 1. The molecule has 1 aliphatic rings. The second-order valence-electron chi connectivity index (χ2n) is 9.68. The highest BCUT2D eigenvalue weighted by atomic mass is 19.1. The van der Waals surface area contributed by atoms with Gasteiger partial charge in [0.1, 0.15) is 11.7 Å². The number of aliphatic imine (C=N–C) groups is 1. The van der Waals surface area contributed by atoms with Gasteiger partial charge in [0.25, 0.3) is 0 Å². The number of amides is 1. The maximum Gasteiger partial charge on any atom is 0.223 e. The van der Waals surface area contributed by atoms with Crippen molar-refractivity contribution >= 4 is 28.9 Å². The first-order valence-electron chi connectivity index (χ1n) is 13.2. The van der Waals surface area contributed by atoms with Crippen LogP contribution in [0.4, 0.5) is 21.6 Å². The molecule has 3 aromatic rings. The molecule has 4 rings (SSSR count). The molecule has 0 aliphatic carbocycles. The van der Waals surface area contributed by atoms with E-state index in [0.29, 0.717) is 66.0 Å². The number of rotatable bonds is 13. The lowest BCUT2D eigenvalue weighted by Gasteiger charge is -2.33. The third-order valence-electron chi connectivity index (χ3n) is 6.52. The summed E-state index contributed by atoms with van der Waals surface area (Å²) in [6.07, 6.45) is 0.783. The third kappa shape index (κ3) is 7.07. The van der Waals surface area contributed by atoms with Gasteiger partial charge in [0, 0.05) is 48.2 Å². The van der Waals surface area contributed by atoms with Crippen molar-refractivity contribution < 1.29 is 23.8 Å². The zero-order valence-corrected chi connectivity index (χ0v) is 23.0. The Balaban J connectivity index is 1.64. The summed E-state index contributed by atoms with van der Waals surface area (Å²) in [5.41, 5.74) is 7.91. The van der Waals surface area contributed by atoms with Gasteiger partial charge in [-0.1, -0.05) is 6.07 Å². The average Bonchev–Trinajstić information content (AvgIpc) is 3.35. The predicted octanol–water partition coefficient (Wildman–Crippen LogP) is 3.02. The number of hydrogen-bond acceptors (Lipinski definition) is 8. The molecule has 1 aromatic heterocycles. The number of methoxy groups -OCH3 is 1. The first kappa shape index (κ1) is 28.8. The molecule has 12 heteroatoms. The monoisotopic (exact) mass is 553 g/mol. The number of aliphatic hydroxyl groups is 1. The van der Waals surface area contributed by atoms with Gasteiger partial charge in [0.15, 0.2) is 17.3 Å². The molecule has 0 atom stereocenters. The average molecular weight is 554 g/mol. The first-order chi connectivity index (χ1) is 19.3. The van der Waals surface area contributed by atoms with Gasteiger partial charge in [0.2, 0.25) is 5.91 Å². The van der Waals surface area contributed by atoms with Crippen LogP contribution >= 0.6 is 0 Å². The van der Waals surface area contributed by atoms with E-state index in [4.69, 9.17) is 20.2 Å². The molecule has 1 amide bonds. The lowest BCUT2D eigenvalue weighted by atomic mass is 10.1. The van der Waals surface area contributed by atoms with Crippen LogP contribution in [0.1, 0.15) is 31.5 Å². The van der Waals surface area contributed by atoms with Gasteiger partial charge < -0.3 is 30.5 Å². The van der Waals surface area contributed by atoms with Gasteiger partial charge in [-0.15, -0.1) is 0 Å². The minimum absolute atomic E-state index is 0.00700. The number of nitrogens with two attached hydrogens (primary N) is 1. The summed E-state index contributed by atoms with van der Waals surface area (Å²) in [6.45, 7) is 6.51. The molecule has 0 radical (unpaired) electrons. The van der Waals surface area contributed by atoms with Crippen LogP contribution in [0.15, 0.2) is 47.5 Å². The highest BCUT2D eigenvalue weighted by Gasteiger charge is 2.27. The van der Waals surface area contributed by atoms with Crippen LogP contribution in [0.25, 0.3) is 0 Å². The molecule has 0 saturated heterocycles. The highest BCUT2D eigenvalue weighted by molar-refractivity contribution is 6.16. The lowest BCUT2D eigenvalue weighted by molar-refractivity contribution is -0.117. The summed E-state index contributed by atoms with van der Waals surface area (Å²) >= 11 is 0. The standard InChI is InChI=1S/C28H36FN7O4/c1-18(2)35(9-10-37)8-5-11-40-25-16-23-22(15-24(25)39-3)28(32-27-14-20(33-34-27)13-26(30)38)36(17-31-23)21-7-4-6-19(29)12-21/h4,6-7,12,14-16,18,31,37H,5,8-11,13,17H2,1-3H3,(H2,30,38)(H,33,34). The van der Waals surface area contributed by atoms with E-state index in [-0.39, 0.29) is 18.8 Å². The van der Waals surface area contributed by atoms with Crippen LogP contribution in [0.2, 0.25) is 0 Å². The number of halogens is 1. The number of fused-ring (bicyclic) bond motifs is 1. The number of aromatic amines is 1. The number of H-pyrrole nitrogens is 1. The highest BCUT2D eigenvalue weighted by Crippen LogP contribution is 2.38. The number of carbonyl (C=O) groups excluding carboxylic acids is 1. The van der Waals surface area contributed by atoms with Crippen LogP contribution in [-0.2, 0) is 11.2 Å². The number of nitrogens with zero attached hydrogens (tertiary/aromatic N) is 4. The molecular formula is C28H36FN7O4. The van der Waals surface area contributed by atoms with E-state index in [0.717, 1.165) is 18.7 Å². The molecule has 2 heterocycles. The molecule has 0 unspecified atom stereocenters. The van der Waals surface area contributed by atoms with Crippen molar-refractivity contribution in [3.05, 3.63) is 59.5 Å². The minimum atomic E-state index is -0.487. The lowest BCUT2D eigenvalue weighted by Crippen LogP contribution is -2.40. The van der Waals surface area contributed by atoms with E-state index in [1.165, 1.54) is 12.1 Å². The van der Waals surface area contributed by atoms with E-state index in [2.05, 4.69) is 34.3 Å². The van der Waals surface area contributed by atoms with Crippen LogP contribution in [0.5, 0.6) is 11.5 Å². The van der Waals surface area contributed by atoms with Crippen molar-refractivity contribution in [3.63, 3.8) is 0 Å². The Hall–Kier alpha value is -4.16. The Morgan fingerprint density at radius 2 is 2.08 bits per heavy atom. The smallest absolute Gasteiger partial charge is 0.223 e. The van der Waals surface area contributed by atoms with Gasteiger partial charge >= 0.3 is 0 Å². The number of ether oxygens (including phenoxy) is 2. The fraction of sp³-hybridized carbons (Fsp3) is 0.393. The summed E-state index contributed by atoms with van der Waals surface area (Å²) < 4.78 is 25.9. The van der Waals surface area contributed by atoms with E-state index in [1.54, 1.807) is 25.3 Å². The Morgan fingerprint density at radius 1 is 1.25 bits per heavy atom. The number of aromatic nitrogens is 2. The molecule has 0 saturated carbocycles. The quantitative estimate of drug-likeness (QED) is 0.237. The van der Waals surface area contributed by atoms with E-state index >= 15 is 0 Å². The zero-order valence-electron chi connectivity index (χ0n) is 23.0. The van der Waals surface area contributed by atoms with Crippen molar-refractivity contribution in [2.24, 2.45) is 10.7 Å². The maximum absolute atomic E-state index is 14.2. The first-order valence-corrected chi connectivity index (χ1v) is 13.2. The zero-order chi connectivity index (χ0) is 28.6. The van der Waals surface area contributed by atoms with E-state index in [1.807, 2.05) is 17.0 Å². The fourth-order valence-electron chi connectivity index (χ4n) is 4.53. The molecule has 1 aliphatic heterocycles. The summed E-state index contributed by atoms with van der Waals surface area (Å²) in [7, 11) is 1.57. The van der Waals surface area contributed by atoms with Crippen LogP contribution in [0.3, 0.4) is 0 Å². The number of anilines is 2. The van der Waals surface area contributed by atoms with Crippen molar-refractivity contribution in [2.75, 3.05) is 50.3 Å². The second-order valence-corrected chi connectivity index (χ2v) is 9.68. The number of amidine groups is 1. The molecule has 2 aromatic carbocycles. The minimum Gasteiger partial charge on any atom is -0.493 e. The molecule has 0 spiro atoms. The topological polar surface area (TPSA) is 141 Å².